The van der Waals surface area contributed by atoms with E-state index in [1.807, 2.05) is 23.1 Å². The summed E-state index contributed by atoms with van der Waals surface area (Å²) in [5, 5.41) is 21.9. The van der Waals surface area contributed by atoms with Gasteiger partial charge in [-0.15, -0.1) is 0 Å². The predicted octanol–water partition coefficient (Wildman–Crippen LogP) is 4.98. The maximum absolute atomic E-state index is 13.5. The Morgan fingerprint density at radius 1 is 1.21 bits per heavy atom. The Hall–Kier alpha value is -2.66. The van der Waals surface area contributed by atoms with E-state index in [9.17, 15) is 19.6 Å². The maximum Gasteiger partial charge on any atom is 0.322 e. The maximum atomic E-state index is 13.5. The largest absolute Gasteiger partial charge is 0.392 e. The number of carbonyl (C=O) groups excluding carboxylic acids is 1. The number of likely N-dealkylation sites (tertiary alicyclic amines) is 1. The van der Waals surface area contributed by atoms with Crippen molar-refractivity contribution in [3.8, 4) is 6.07 Å². The third-order valence-electron chi connectivity index (χ3n) is 6.96. The number of urea groups is 1. The average molecular weight is 485 g/mol. The van der Waals surface area contributed by atoms with Gasteiger partial charge in [0.05, 0.1) is 22.8 Å². The van der Waals surface area contributed by atoms with Gasteiger partial charge in [0.1, 0.15) is 5.82 Å². The number of anilines is 1. The number of hydrogen-bond acceptors (Lipinski definition) is 4. The summed E-state index contributed by atoms with van der Waals surface area (Å²) in [6.45, 7) is 2.70. The molecule has 4 rings (SSSR count). The number of nitrogens with one attached hydrogen (secondary N) is 1. The smallest absolute Gasteiger partial charge is 0.322 e. The Labute approximate surface area is 204 Å². The predicted molar refractivity (Wildman–Crippen MR) is 130 cm³/mol. The molecule has 6 nitrogen and oxygen atoms in total. The van der Waals surface area contributed by atoms with Gasteiger partial charge in [0.25, 0.3) is 0 Å². The second kappa shape index (κ2) is 11.2. The number of rotatable bonds is 6. The molecule has 2 N–H and O–H groups in total. The van der Waals surface area contributed by atoms with Crippen molar-refractivity contribution < 1.29 is 14.3 Å². The average Bonchev–Trinajstić information content (AvgIpc) is 3.27. The molecule has 1 aliphatic heterocycles. The molecular formula is C26H30ClFN4O2. The molecule has 1 heterocycles. The molecule has 0 bridgehead atoms. The lowest BCUT2D eigenvalue weighted by atomic mass is 9.81. The van der Waals surface area contributed by atoms with E-state index in [1.165, 1.54) is 23.8 Å². The molecule has 2 fully saturated rings. The van der Waals surface area contributed by atoms with Crippen LogP contribution in [0, 0.1) is 17.1 Å². The first kappa shape index (κ1) is 24.5. The zero-order chi connectivity index (χ0) is 24.1. The van der Waals surface area contributed by atoms with E-state index < -0.39 is 5.82 Å². The number of nitrogens with zero attached hydrogens (tertiary/aromatic N) is 3. The van der Waals surface area contributed by atoms with E-state index in [1.54, 1.807) is 0 Å². The Bertz CT molecular complexity index is 1050. The lowest BCUT2D eigenvalue weighted by molar-refractivity contribution is 0.143. The van der Waals surface area contributed by atoms with Crippen molar-refractivity contribution in [2.75, 3.05) is 31.5 Å². The number of hydrogen-bond donors (Lipinski definition) is 2. The van der Waals surface area contributed by atoms with Crippen molar-refractivity contribution in [3.63, 3.8) is 0 Å². The summed E-state index contributed by atoms with van der Waals surface area (Å²) < 4.78 is 13.5. The molecule has 180 valence electrons. The van der Waals surface area contributed by atoms with Crippen LogP contribution in [0.4, 0.5) is 14.9 Å². The summed E-state index contributed by atoms with van der Waals surface area (Å²) in [5.41, 5.74) is 2.31. The fourth-order valence-electron chi connectivity index (χ4n) is 5.07. The zero-order valence-corrected chi connectivity index (χ0v) is 19.8. The van der Waals surface area contributed by atoms with Crippen molar-refractivity contribution in [2.24, 2.45) is 0 Å². The molecule has 2 aliphatic rings. The van der Waals surface area contributed by atoms with Crippen molar-refractivity contribution in [2.45, 2.75) is 50.2 Å². The van der Waals surface area contributed by atoms with Gasteiger partial charge in [0.2, 0.25) is 0 Å². The zero-order valence-electron chi connectivity index (χ0n) is 19.1. The molecule has 0 radical (unpaired) electrons. The van der Waals surface area contributed by atoms with Crippen LogP contribution in [-0.2, 0) is 0 Å². The molecule has 2 aromatic carbocycles. The van der Waals surface area contributed by atoms with Crippen molar-refractivity contribution in [3.05, 3.63) is 64.4 Å². The first-order valence-corrected chi connectivity index (χ1v) is 12.2. The van der Waals surface area contributed by atoms with E-state index >= 15 is 0 Å². The van der Waals surface area contributed by atoms with E-state index in [2.05, 4.69) is 22.4 Å². The number of amides is 2. The highest BCUT2D eigenvalue weighted by Crippen LogP contribution is 2.35. The molecule has 2 amide bonds. The highest BCUT2D eigenvalue weighted by Gasteiger charge is 2.31. The van der Waals surface area contributed by atoms with Crippen LogP contribution in [0.3, 0.4) is 0 Å². The lowest BCUT2D eigenvalue weighted by Gasteiger charge is -2.38. The van der Waals surface area contributed by atoms with E-state index in [0.29, 0.717) is 36.8 Å². The number of aliphatic hydroxyl groups is 1. The van der Waals surface area contributed by atoms with Crippen LogP contribution in [0.1, 0.15) is 49.1 Å². The topological polar surface area (TPSA) is 79.6 Å². The molecular weight excluding hydrogens is 455 g/mol. The Morgan fingerprint density at radius 3 is 2.68 bits per heavy atom. The highest BCUT2D eigenvalue weighted by atomic mass is 35.5. The van der Waals surface area contributed by atoms with Gasteiger partial charge in [-0.05, 0) is 73.9 Å². The molecule has 1 aliphatic carbocycles. The van der Waals surface area contributed by atoms with E-state index in [4.69, 9.17) is 11.6 Å². The number of carbonyl (C=O) groups is 1. The van der Waals surface area contributed by atoms with Crippen molar-refractivity contribution >= 4 is 23.3 Å². The molecule has 2 aromatic rings. The number of benzene rings is 2. The minimum Gasteiger partial charge on any atom is -0.392 e. The lowest BCUT2D eigenvalue weighted by Crippen LogP contribution is -2.47. The first-order valence-electron chi connectivity index (χ1n) is 11.9. The van der Waals surface area contributed by atoms with Gasteiger partial charge in [-0.1, -0.05) is 23.7 Å². The molecule has 1 saturated heterocycles. The second-order valence-corrected chi connectivity index (χ2v) is 9.65. The first-order chi connectivity index (χ1) is 16.4. The minimum atomic E-state index is -0.525. The molecule has 34 heavy (non-hydrogen) atoms. The molecule has 1 atom stereocenters. The summed E-state index contributed by atoms with van der Waals surface area (Å²) in [4.78, 5) is 17.3. The second-order valence-electron chi connectivity index (χ2n) is 9.24. The number of halogens is 2. The van der Waals surface area contributed by atoms with Gasteiger partial charge in [-0.3, -0.25) is 4.90 Å². The Morgan fingerprint density at radius 2 is 2.00 bits per heavy atom. The van der Waals surface area contributed by atoms with Gasteiger partial charge in [-0.2, -0.15) is 5.26 Å². The van der Waals surface area contributed by atoms with Gasteiger partial charge in [0.15, 0.2) is 0 Å². The Kier molecular flexibility index (Phi) is 8.04. The third kappa shape index (κ3) is 6.06. The number of aliphatic hydroxyl groups excluding tert-OH is 1. The van der Waals surface area contributed by atoms with Crippen LogP contribution in [0.5, 0.6) is 0 Å². The van der Waals surface area contributed by atoms with Gasteiger partial charge >= 0.3 is 6.03 Å². The van der Waals surface area contributed by atoms with Crippen LogP contribution >= 0.6 is 11.6 Å². The molecule has 8 heteroatoms. The quantitative estimate of drug-likeness (QED) is 0.606. The van der Waals surface area contributed by atoms with Crippen LogP contribution in [0.25, 0.3) is 0 Å². The van der Waals surface area contributed by atoms with Crippen LogP contribution < -0.4 is 5.32 Å². The van der Waals surface area contributed by atoms with Crippen LogP contribution in [0.15, 0.2) is 42.5 Å². The van der Waals surface area contributed by atoms with Crippen LogP contribution in [-0.4, -0.2) is 59.3 Å². The molecule has 0 unspecified atom stereocenters. The van der Waals surface area contributed by atoms with E-state index in [0.717, 1.165) is 38.6 Å². The minimum absolute atomic E-state index is 0.0319. The van der Waals surface area contributed by atoms with Crippen LogP contribution in [0.2, 0.25) is 5.02 Å². The standard InChI is InChI=1S/C26H30ClFN4O2/c27-24-15-21(6-9-25(24)28)30-26(34)32(13-12-31-11-10-23(33)17-31)22-7-4-19(5-8-22)20-3-1-2-18(14-20)16-29/h1-3,6,9,14-15,19,22-23,33H,4-5,7-8,10-13,17H2,(H,30,34)/t19-,22+,23-/m1/s1. The number of β-amino-alcohol motifs (C(OH)–C–C–N with tert-alkyl or cyclic N) is 1. The fraction of sp³-hybridized carbons (Fsp3) is 0.462. The monoisotopic (exact) mass is 484 g/mol. The van der Waals surface area contributed by atoms with Gasteiger partial charge in [0, 0.05) is 37.9 Å². The summed E-state index contributed by atoms with van der Waals surface area (Å²) in [6.07, 6.45) is 4.06. The molecule has 0 spiro atoms. The summed E-state index contributed by atoms with van der Waals surface area (Å²) in [5.74, 6) is -0.151. The number of nitriles is 1. The normalized spacial score (nSPS) is 22.8. The van der Waals surface area contributed by atoms with Crippen molar-refractivity contribution in [1.82, 2.24) is 9.80 Å². The Balaban J connectivity index is 1.43. The van der Waals surface area contributed by atoms with Gasteiger partial charge in [-0.25, -0.2) is 9.18 Å². The third-order valence-corrected chi connectivity index (χ3v) is 7.25. The highest BCUT2D eigenvalue weighted by molar-refractivity contribution is 6.31. The molecule has 0 aromatic heterocycles. The molecule has 1 saturated carbocycles. The summed E-state index contributed by atoms with van der Waals surface area (Å²) in [7, 11) is 0. The SMILES string of the molecule is N#Cc1cccc([C@H]2CC[C@@H](N(CCN3CC[C@@H](O)C3)C(=O)Nc3ccc(F)c(Cl)c3)CC2)c1. The summed E-state index contributed by atoms with van der Waals surface area (Å²) in [6, 6.07) is 14.0. The van der Waals surface area contributed by atoms with Crippen molar-refractivity contribution in [1.29, 1.82) is 5.26 Å². The van der Waals surface area contributed by atoms with E-state index in [-0.39, 0.29) is 23.2 Å². The fourth-order valence-corrected chi connectivity index (χ4v) is 5.25. The summed E-state index contributed by atoms with van der Waals surface area (Å²) >= 11 is 5.89. The van der Waals surface area contributed by atoms with Gasteiger partial charge < -0.3 is 15.3 Å².